The van der Waals surface area contributed by atoms with Crippen LogP contribution < -0.4 is 5.32 Å². The summed E-state index contributed by atoms with van der Waals surface area (Å²) >= 11 is 1.14. The summed E-state index contributed by atoms with van der Waals surface area (Å²) < 4.78 is 0.870. The minimum absolute atomic E-state index is 0.0542. The van der Waals surface area contributed by atoms with Crippen molar-refractivity contribution in [1.82, 2.24) is 0 Å². The third kappa shape index (κ3) is 1.84. The van der Waals surface area contributed by atoms with Crippen LogP contribution in [0.25, 0.3) is 10.1 Å². The maximum absolute atomic E-state index is 10.9. The second kappa shape index (κ2) is 4.46. The molecular formula is C10H10N2O3S. The molecule has 0 aliphatic heterocycles. The Balaban J connectivity index is 2.55. The second-order valence-corrected chi connectivity index (χ2v) is 4.22. The molecule has 2 aromatic rings. The summed E-state index contributed by atoms with van der Waals surface area (Å²) in [7, 11) is 0. The monoisotopic (exact) mass is 238 g/mol. The van der Waals surface area contributed by atoms with Crippen molar-refractivity contribution in [2.75, 3.05) is 18.5 Å². The largest absolute Gasteiger partial charge is 0.395 e. The fourth-order valence-electron chi connectivity index (χ4n) is 1.51. The van der Waals surface area contributed by atoms with Gasteiger partial charge in [-0.25, -0.2) is 0 Å². The summed E-state index contributed by atoms with van der Waals surface area (Å²) in [5.41, 5.74) is 0.500. The number of aliphatic hydroxyl groups excluding tert-OH is 1. The van der Waals surface area contributed by atoms with Crippen LogP contribution in [0.15, 0.2) is 24.3 Å². The molecule has 2 N–H and O–H groups in total. The Morgan fingerprint density at radius 3 is 2.88 bits per heavy atom. The van der Waals surface area contributed by atoms with E-state index in [-0.39, 0.29) is 11.6 Å². The summed E-state index contributed by atoms with van der Waals surface area (Å²) in [4.78, 5) is 10.5. The number of fused-ring (bicyclic) bond motifs is 1. The van der Waals surface area contributed by atoms with Crippen molar-refractivity contribution >= 4 is 32.1 Å². The number of thiophene rings is 1. The number of nitrogens with one attached hydrogen (secondary N) is 1. The van der Waals surface area contributed by atoms with Crippen LogP contribution in [-0.4, -0.2) is 23.2 Å². The second-order valence-electron chi connectivity index (χ2n) is 3.19. The number of hydrogen-bond acceptors (Lipinski definition) is 5. The van der Waals surface area contributed by atoms with Crippen molar-refractivity contribution in [2.24, 2.45) is 0 Å². The predicted octanol–water partition coefficient (Wildman–Crippen LogP) is 2.21. The van der Waals surface area contributed by atoms with Gasteiger partial charge in [-0.1, -0.05) is 29.5 Å². The molecule has 0 spiro atoms. The summed E-state index contributed by atoms with van der Waals surface area (Å²) in [6.07, 6.45) is 0. The molecule has 1 heterocycles. The van der Waals surface area contributed by atoms with Gasteiger partial charge in [-0.3, -0.25) is 10.1 Å². The molecule has 0 unspecified atom stereocenters. The normalized spacial score (nSPS) is 10.6. The van der Waals surface area contributed by atoms with Crippen LogP contribution in [0.1, 0.15) is 0 Å². The molecule has 0 amide bonds. The van der Waals surface area contributed by atoms with Crippen LogP contribution in [0.5, 0.6) is 0 Å². The standard InChI is InChI=1S/C10H10N2O3S/c13-6-5-11-9-7-3-1-2-4-8(7)16-10(9)12(14)15/h1-4,11,13H,5-6H2. The average molecular weight is 238 g/mol. The smallest absolute Gasteiger partial charge is 0.348 e. The first-order chi connectivity index (χ1) is 7.74. The Morgan fingerprint density at radius 2 is 2.19 bits per heavy atom. The van der Waals surface area contributed by atoms with Gasteiger partial charge in [0, 0.05) is 16.6 Å². The quantitative estimate of drug-likeness (QED) is 0.632. The van der Waals surface area contributed by atoms with E-state index in [9.17, 15) is 10.1 Å². The van der Waals surface area contributed by atoms with Crippen molar-refractivity contribution < 1.29 is 10.0 Å². The van der Waals surface area contributed by atoms with Crippen LogP contribution in [0, 0.1) is 10.1 Å². The van der Waals surface area contributed by atoms with Crippen LogP contribution in [-0.2, 0) is 0 Å². The molecule has 0 aliphatic rings. The molecule has 0 aliphatic carbocycles. The zero-order chi connectivity index (χ0) is 11.5. The minimum Gasteiger partial charge on any atom is -0.395 e. The third-order valence-corrected chi connectivity index (χ3v) is 3.28. The molecule has 1 aromatic carbocycles. The zero-order valence-electron chi connectivity index (χ0n) is 8.34. The number of aliphatic hydroxyl groups is 1. The number of rotatable bonds is 4. The molecular weight excluding hydrogens is 228 g/mol. The van der Waals surface area contributed by atoms with Crippen LogP contribution >= 0.6 is 11.3 Å². The zero-order valence-corrected chi connectivity index (χ0v) is 9.16. The van der Waals surface area contributed by atoms with Crippen LogP contribution in [0.2, 0.25) is 0 Å². The van der Waals surface area contributed by atoms with Crippen molar-refractivity contribution in [2.45, 2.75) is 0 Å². The molecule has 0 fully saturated rings. The maximum atomic E-state index is 10.9. The first-order valence-electron chi connectivity index (χ1n) is 4.74. The van der Waals surface area contributed by atoms with E-state index in [0.29, 0.717) is 12.2 Å². The lowest BCUT2D eigenvalue weighted by atomic mass is 10.2. The van der Waals surface area contributed by atoms with Gasteiger partial charge in [0.1, 0.15) is 5.69 Å². The molecule has 0 radical (unpaired) electrons. The van der Waals surface area contributed by atoms with Crippen LogP contribution in [0.3, 0.4) is 0 Å². The van der Waals surface area contributed by atoms with E-state index in [4.69, 9.17) is 5.11 Å². The number of anilines is 1. The van der Waals surface area contributed by atoms with Crippen molar-refractivity contribution in [3.05, 3.63) is 34.4 Å². The first-order valence-corrected chi connectivity index (χ1v) is 5.56. The molecule has 0 saturated heterocycles. The topological polar surface area (TPSA) is 75.4 Å². The lowest BCUT2D eigenvalue weighted by Crippen LogP contribution is -2.06. The van der Waals surface area contributed by atoms with Gasteiger partial charge in [0.15, 0.2) is 0 Å². The van der Waals surface area contributed by atoms with Gasteiger partial charge < -0.3 is 10.4 Å². The highest BCUT2D eigenvalue weighted by molar-refractivity contribution is 7.23. The van der Waals surface area contributed by atoms with Gasteiger partial charge in [-0.05, 0) is 6.07 Å². The summed E-state index contributed by atoms with van der Waals surface area (Å²) in [5, 5.41) is 23.4. The minimum atomic E-state index is -0.398. The first kappa shape index (κ1) is 10.8. The summed E-state index contributed by atoms with van der Waals surface area (Å²) in [6.45, 7) is 0.253. The van der Waals surface area contributed by atoms with Gasteiger partial charge in [-0.2, -0.15) is 0 Å². The highest BCUT2D eigenvalue weighted by Gasteiger charge is 2.20. The van der Waals surface area contributed by atoms with Gasteiger partial charge in [0.2, 0.25) is 0 Å². The molecule has 5 nitrogen and oxygen atoms in total. The van der Waals surface area contributed by atoms with Crippen molar-refractivity contribution in [3.8, 4) is 0 Å². The highest BCUT2D eigenvalue weighted by atomic mass is 32.1. The number of nitrogens with zero attached hydrogens (tertiary/aromatic N) is 1. The third-order valence-electron chi connectivity index (χ3n) is 2.16. The van der Waals surface area contributed by atoms with Crippen LogP contribution in [0.4, 0.5) is 10.7 Å². The molecule has 0 saturated carbocycles. The van der Waals surface area contributed by atoms with Gasteiger partial charge in [-0.15, -0.1) is 0 Å². The Morgan fingerprint density at radius 1 is 1.44 bits per heavy atom. The Bertz CT molecular complexity index is 524. The van der Waals surface area contributed by atoms with Crippen molar-refractivity contribution in [3.63, 3.8) is 0 Å². The maximum Gasteiger partial charge on any atom is 0.348 e. The highest BCUT2D eigenvalue weighted by Crippen LogP contribution is 2.41. The van der Waals surface area contributed by atoms with Gasteiger partial charge in [0.05, 0.1) is 11.5 Å². The number of nitro groups is 1. The van der Waals surface area contributed by atoms with E-state index in [0.717, 1.165) is 21.4 Å². The van der Waals surface area contributed by atoms with Gasteiger partial charge in [0.25, 0.3) is 0 Å². The lowest BCUT2D eigenvalue weighted by molar-refractivity contribution is -0.379. The average Bonchev–Trinajstić information content (AvgIpc) is 2.65. The molecule has 6 heteroatoms. The fraction of sp³-hybridized carbons (Fsp3) is 0.200. The molecule has 0 bridgehead atoms. The summed E-state index contributed by atoms with van der Waals surface area (Å²) in [6, 6.07) is 7.36. The van der Waals surface area contributed by atoms with E-state index < -0.39 is 4.92 Å². The number of hydrogen-bond donors (Lipinski definition) is 2. The SMILES string of the molecule is O=[N+]([O-])c1sc2ccccc2c1NCCO. The van der Waals surface area contributed by atoms with E-state index >= 15 is 0 Å². The lowest BCUT2D eigenvalue weighted by Gasteiger charge is -2.01. The Kier molecular flexibility index (Phi) is 3.02. The molecule has 84 valence electrons. The molecule has 16 heavy (non-hydrogen) atoms. The molecule has 2 rings (SSSR count). The molecule has 0 atom stereocenters. The Labute approximate surface area is 95.5 Å². The van der Waals surface area contributed by atoms with E-state index in [2.05, 4.69) is 5.32 Å². The predicted molar refractivity (Wildman–Crippen MR) is 64.1 cm³/mol. The van der Waals surface area contributed by atoms with Crippen molar-refractivity contribution in [1.29, 1.82) is 0 Å². The van der Waals surface area contributed by atoms with Gasteiger partial charge >= 0.3 is 5.00 Å². The summed E-state index contributed by atoms with van der Waals surface area (Å²) in [5.74, 6) is 0. The Hall–Kier alpha value is -1.66. The fourth-order valence-corrected chi connectivity index (χ4v) is 2.51. The van der Waals surface area contributed by atoms with E-state index in [1.807, 2.05) is 24.3 Å². The van der Waals surface area contributed by atoms with E-state index in [1.54, 1.807) is 0 Å². The van der Waals surface area contributed by atoms with E-state index in [1.165, 1.54) is 0 Å². The number of benzene rings is 1. The molecule has 1 aromatic heterocycles.